The molecular formula is C10H18N6O3. The molecule has 0 bridgehead atoms. The number of nitrogen functional groups attached to an aromatic ring is 1. The van der Waals surface area contributed by atoms with Gasteiger partial charge in [-0.15, -0.1) is 0 Å². The van der Waals surface area contributed by atoms with E-state index < -0.39 is 0 Å². The minimum absolute atomic E-state index is 0.0732. The van der Waals surface area contributed by atoms with Gasteiger partial charge in [0.05, 0.1) is 19.6 Å². The highest BCUT2D eigenvalue weighted by Crippen LogP contribution is 2.11. The number of rotatable bonds is 7. The Hall–Kier alpha value is -2.16. The van der Waals surface area contributed by atoms with Crippen LogP contribution in [0.3, 0.4) is 0 Å². The fourth-order valence-electron chi connectivity index (χ4n) is 1.14. The van der Waals surface area contributed by atoms with Crippen LogP contribution >= 0.6 is 0 Å². The number of nitrogens with two attached hydrogens (primary N) is 1. The number of ether oxygens (including phenoxy) is 2. The van der Waals surface area contributed by atoms with Crippen molar-refractivity contribution in [1.82, 2.24) is 15.0 Å². The second kappa shape index (κ2) is 7.31. The number of nitrogens with one attached hydrogen (secondary N) is 2. The summed E-state index contributed by atoms with van der Waals surface area (Å²) in [4.78, 5) is 22.9. The molecule has 0 aromatic carbocycles. The number of hydrogen-bond acceptors (Lipinski definition) is 9. The zero-order valence-electron chi connectivity index (χ0n) is 11.1. The predicted molar refractivity (Wildman–Crippen MR) is 68.5 cm³/mol. The Morgan fingerprint density at radius 3 is 2.58 bits per heavy atom. The topological polar surface area (TPSA) is 124 Å². The van der Waals surface area contributed by atoms with E-state index in [4.69, 9.17) is 10.6 Å². The van der Waals surface area contributed by atoms with Gasteiger partial charge in [-0.25, -0.2) is 5.84 Å². The Morgan fingerprint density at radius 1 is 1.32 bits per heavy atom. The third-order valence-electron chi connectivity index (χ3n) is 1.93. The first-order valence-corrected chi connectivity index (χ1v) is 5.75. The van der Waals surface area contributed by atoms with Crippen LogP contribution in [0, 0.1) is 0 Å². The SMILES string of the molecule is COC(=O)CCNc1nc(NN)nc(OC(C)C)n1. The average molecular weight is 270 g/mol. The van der Waals surface area contributed by atoms with E-state index in [1.165, 1.54) is 7.11 Å². The molecular weight excluding hydrogens is 252 g/mol. The molecule has 0 saturated carbocycles. The van der Waals surface area contributed by atoms with Crippen molar-refractivity contribution in [3.63, 3.8) is 0 Å². The summed E-state index contributed by atoms with van der Waals surface area (Å²) in [6, 6.07) is 0.151. The Labute approximate surface area is 110 Å². The number of nitrogens with zero attached hydrogens (tertiary/aromatic N) is 3. The summed E-state index contributed by atoms with van der Waals surface area (Å²) in [6.07, 6.45) is 0.129. The molecule has 0 radical (unpaired) electrons. The lowest BCUT2D eigenvalue weighted by Crippen LogP contribution is -2.17. The summed E-state index contributed by atoms with van der Waals surface area (Å²) in [5, 5.41) is 2.86. The highest BCUT2D eigenvalue weighted by molar-refractivity contribution is 5.69. The molecule has 0 spiro atoms. The van der Waals surface area contributed by atoms with Gasteiger partial charge in [0, 0.05) is 6.54 Å². The molecule has 0 aliphatic heterocycles. The molecule has 9 heteroatoms. The highest BCUT2D eigenvalue weighted by atomic mass is 16.5. The summed E-state index contributed by atoms with van der Waals surface area (Å²) in [5.41, 5.74) is 2.32. The van der Waals surface area contributed by atoms with Crippen molar-refractivity contribution in [2.75, 3.05) is 24.4 Å². The Balaban J connectivity index is 2.68. The Kier molecular flexibility index (Phi) is 5.73. The molecule has 19 heavy (non-hydrogen) atoms. The van der Waals surface area contributed by atoms with E-state index in [9.17, 15) is 4.79 Å². The summed E-state index contributed by atoms with van der Waals surface area (Å²) >= 11 is 0. The molecule has 0 atom stereocenters. The number of hydrogen-bond donors (Lipinski definition) is 3. The van der Waals surface area contributed by atoms with Crippen LogP contribution in [0.5, 0.6) is 6.01 Å². The van der Waals surface area contributed by atoms with Crippen molar-refractivity contribution < 1.29 is 14.3 Å². The molecule has 1 aromatic rings. The summed E-state index contributed by atoms with van der Waals surface area (Å²) in [7, 11) is 1.33. The van der Waals surface area contributed by atoms with Crippen molar-refractivity contribution in [1.29, 1.82) is 0 Å². The quantitative estimate of drug-likeness (QED) is 0.354. The molecule has 4 N–H and O–H groups in total. The lowest BCUT2D eigenvalue weighted by atomic mass is 10.4. The van der Waals surface area contributed by atoms with Gasteiger partial charge < -0.3 is 14.8 Å². The van der Waals surface area contributed by atoms with Gasteiger partial charge >= 0.3 is 12.0 Å². The van der Waals surface area contributed by atoms with Gasteiger partial charge in [0.15, 0.2) is 0 Å². The molecule has 0 aliphatic rings. The largest absolute Gasteiger partial charge is 0.469 e. The van der Waals surface area contributed by atoms with Gasteiger partial charge in [-0.05, 0) is 13.8 Å². The van der Waals surface area contributed by atoms with Gasteiger partial charge in [0.2, 0.25) is 11.9 Å². The van der Waals surface area contributed by atoms with E-state index >= 15 is 0 Å². The number of methoxy groups -OCH3 is 1. The maximum absolute atomic E-state index is 11.0. The van der Waals surface area contributed by atoms with E-state index in [0.29, 0.717) is 6.54 Å². The summed E-state index contributed by atoms with van der Waals surface area (Å²) in [6.45, 7) is 4.04. The number of carbonyl (C=O) groups excluding carboxylic acids is 1. The highest BCUT2D eigenvalue weighted by Gasteiger charge is 2.08. The van der Waals surface area contributed by atoms with E-state index in [0.717, 1.165) is 0 Å². The van der Waals surface area contributed by atoms with Crippen LogP contribution in [-0.2, 0) is 9.53 Å². The van der Waals surface area contributed by atoms with Gasteiger partial charge in [0.25, 0.3) is 0 Å². The van der Waals surface area contributed by atoms with E-state index in [1.54, 1.807) is 0 Å². The van der Waals surface area contributed by atoms with Crippen LogP contribution in [0.4, 0.5) is 11.9 Å². The van der Waals surface area contributed by atoms with Gasteiger partial charge in [-0.1, -0.05) is 0 Å². The van der Waals surface area contributed by atoms with E-state index in [-0.39, 0.29) is 36.4 Å². The zero-order valence-corrected chi connectivity index (χ0v) is 11.1. The maximum Gasteiger partial charge on any atom is 0.323 e. The van der Waals surface area contributed by atoms with Crippen LogP contribution < -0.4 is 21.3 Å². The van der Waals surface area contributed by atoms with Crippen LogP contribution in [0.15, 0.2) is 0 Å². The first-order valence-electron chi connectivity index (χ1n) is 5.75. The van der Waals surface area contributed by atoms with Crippen LogP contribution in [0.1, 0.15) is 20.3 Å². The Bertz CT molecular complexity index is 426. The third-order valence-corrected chi connectivity index (χ3v) is 1.93. The van der Waals surface area contributed by atoms with Crippen LogP contribution in [-0.4, -0.2) is 40.7 Å². The van der Waals surface area contributed by atoms with Crippen LogP contribution in [0.25, 0.3) is 0 Å². The first kappa shape index (κ1) is 14.9. The number of aromatic nitrogens is 3. The molecule has 1 heterocycles. The standard InChI is InChI=1S/C10H18N6O3/c1-6(2)19-10-14-8(13-9(15-10)16-11)12-5-4-7(17)18-3/h6H,4-5,11H2,1-3H3,(H2,12,13,14,15,16). The lowest BCUT2D eigenvalue weighted by molar-refractivity contribution is -0.140. The maximum atomic E-state index is 11.0. The molecule has 0 unspecified atom stereocenters. The normalized spacial score (nSPS) is 10.2. The smallest absolute Gasteiger partial charge is 0.323 e. The number of carbonyl (C=O) groups is 1. The molecule has 1 rings (SSSR count). The van der Waals surface area contributed by atoms with Crippen molar-refractivity contribution in [2.45, 2.75) is 26.4 Å². The monoisotopic (exact) mass is 270 g/mol. The third kappa shape index (κ3) is 5.34. The summed E-state index contributed by atoms with van der Waals surface area (Å²) in [5.74, 6) is 5.37. The number of esters is 1. The molecule has 0 saturated heterocycles. The first-order chi connectivity index (χ1) is 9.05. The van der Waals surface area contributed by atoms with Crippen molar-refractivity contribution in [3.05, 3.63) is 0 Å². The molecule has 0 aliphatic carbocycles. The van der Waals surface area contributed by atoms with Crippen molar-refractivity contribution >= 4 is 17.9 Å². The van der Waals surface area contributed by atoms with Gasteiger partial charge in [-0.2, -0.15) is 15.0 Å². The van der Waals surface area contributed by atoms with Gasteiger partial charge in [0.1, 0.15) is 0 Å². The predicted octanol–water partition coefficient (Wildman–Crippen LogP) is -0.0806. The minimum Gasteiger partial charge on any atom is -0.469 e. The second-order valence-electron chi connectivity index (χ2n) is 3.83. The molecule has 9 nitrogen and oxygen atoms in total. The molecule has 0 amide bonds. The lowest BCUT2D eigenvalue weighted by Gasteiger charge is -2.10. The van der Waals surface area contributed by atoms with Crippen molar-refractivity contribution in [3.8, 4) is 6.01 Å². The number of hydrazine groups is 1. The Morgan fingerprint density at radius 2 is 2.00 bits per heavy atom. The van der Waals surface area contributed by atoms with Gasteiger partial charge in [-0.3, -0.25) is 10.2 Å². The minimum atomic E-state index is -0.322. The molecule has 1 aromatic heterocycles. The second-order valence-corrected chi connectivity index (χ2v) is 3.83. The van der Waals surface area contributed by atoms with Crippen molar-refractivity contribution in [2.24, 2.45) is 5.84 Å². The fraction of sp³-hybridized carbons (Fsp3) is 0.600. The molecule has 106 valence electrons. The summed E-state index contributed by atoms with van der Waals surface area (Å²) < 4.78 is 9.88. The number of anilines is 2. The van der Waals surface area contributed by atoms with E-state index in [1.807, 2.05) is 13.8 Å². The zero-order chi connectivity index (χ0) is 14.3. The average Bonchev–Trinajstić information content (AvgIpc) is 2.37. The van der Waals surface area contributed by atoms with Crippen LogP contribution in [0.2, 0.25) is 0 Å². The molecule has 0 fully saturated rings. The van der Waals surface area contributed by atoms with E-state index in [2.05, 4.69) is 30.4 Å². The fourth-order valence-corrected chi connectivity index (χ4v) is 1.14.